The summed E-state index contributed by atoms with van der Waals surface area (Å²) >= 11 is 0. The van der Waals surface area contributed by atoms with Crippen molar-refractivity contribution in [2.45, 2.75) is 12.5 Å². The molecule has 1 aromatic carbocycles. The number of hydrogen-bond donors (Lipinski definition) is 1. The van der Waals surface area contributed by atoms with Crippen LogP contribution < -0.4 is 10.5 Å². The summed E-state index contributed by atoms with van der Waals surface area (Å²) in [6.07, 6.45) is -0.240. The van der Waals surface area contributed by atoms with Crippen LogP contribution in [-0.2, 0) is 9.53 Å². The van der Waals surface area contributed by atoms with Crippen LogP contribution in [0, 0.1) is 23.5 Å². The van der Waals surface area contributed by atoms with Gasteiger partial charge >= 0.3 is 0 Å². The first kappa shape index (κ1) is 13.7. The van der Waals surface area contributed by atoms with E-state index in [1.165, 1.54) is 14.2 Å². The highest BCUT2D eigenvalue weighted by Gasteiger charge is 2.49. The SMILES string of the molecule is COc1c(F)ccc(F)c1C(OC)C1CC1C(N)=O. The summed E-state index contributed by atoms with van der Waals surface area (Å²) in [5.41, 5.74) is 5.20. The zero-order chi connectivity index (χ0) is 14.2. The Balaban J connectivity index is 2.39. The molecule has 2 rings (SSSR count). The molecule has 2 N–H and O–H groups in total. The van der Waals surface area contributed by atoms with E-state index in [1.54, 1.807) is 0 Å². The standard InChI is InChI=1S/C13H15F2NO3/c1-18-11(6-5-7(6)13(16)17)10-8(14)3-4-9(15)12(10)19-2/h3-4,6-7,11H,5H2,1-2H3,(H2,16,17). The largest absolute Gasteiger partial charge is 0.493 e. The van der Waals surface area contributed by atoms with E-state index < -0.39 is 23.6 Å². The van der Waals surface area contributed by atoms with Crippen molar-refractivity contribution in [1.82, 2.24) is 0 Å². The molecule has 0 saturated heterocycles. The maximum absolute atomic E-state index is 13.9. The summed E-state index contributed by atoms with van der Waals surface area (Å²) in [7, 11) is 2.64. The van der Waals surface area contributed by atoms with Gasteiger partial charge in [0, 0.05) is 18.9 Å². The van der Waals surface area contributed by atoms with Crippen molar-refractivity contribution in [3.8, 4) is 5.75 Å². The van der Waals surface area contributed by atoms with Crippen LogP contribution >= 0.6 is 0 Å². The summed E-state index contributed by atoms with van der Waals surface area (Å²) in [5, 5.41) is 0. The second-order valence-corrected chi connectivity index (χ2v) is 4.54. The smallest absolute Gasteiger partial charge is 0.220 e. The van der Waals surface area contributed by atoms with Crippen molar-refractivity contribution in [2.75, 3.05) is 14.2 Å². The quantitative estimate of drug-likeness (QED) is 0.888. The number of hydrogen-bond acceptors (Lipinski definition) is 3. The molecule has 0 aliphatic heterocycles. The van der Waals surface area contributed by atoms with Gasteiger partial charge in [0.25, 0.3) is 0 Å². The van der Waals surface area contributed by atoms with Gasteiger partial charge in [0.2, 0.25) is 5.91 Å². The number of halogens is 2. The van der Waals surface area contributed by atoms with Gasteiger partial charge < -0.3 is 15.2 Å². The Morgan fingerprint density at radius 2 is 2.00 bits per heavy atom. The fourth-order valence-corrected chi connectivity index (χ4v) is 2.40. The normalized spacial score (nSPS) is 22.9. The first-order valence-corrected chi connectivity index (χ1v) is 5.85. The molecule has 0 heterocycles. The number of primary amides is 1. The molecular weight excluding hydrogens is 256 g/mol. The molecule has 3 unspecified atom stereocenters. The van der Waals surface area contributed by atoms with Gasteiger partial charge in [-0.1, -0.05) is 0 Å². The fourth-order valence-electron chi connectivity index (χ4n) is 2.40. The minimum atomic E-state index is -0.747. The van der Waals surface area contributed by atoms with Gasteiger partial charge in [0.05, 0.1) is 18.8 Å². The highest BCUT2D eigenvalue weighted by molar-refractivity contribution is 5.79. The van der Waals surface area contributed by atoms with E-state index in [4.69, 9.17) is 15.2 Å². The van der Waals surface area contributed by atoms with E-state index >= 15 is 0 Å². The molecule has 6 heteroatoms. The number of methoxy groups -OCH3 is 2. The lowest BCUT2D eigenvalue weighted by molar-refractivity contribution is -0.119. The molecule has 19 heavy (non-hydrogen) atoms. The predicted octanol–water partition coefficient (Wildman–Crippen LogP) is 1.78. The number of ether oxygens (including phenoxy) is 2. The van der Waals surface area contributed by atoms with Gasteiger partial charge in [-0.3, -0.25) is 4.79 Å². The summed E-state index contributed by atoms with van der Waals surface area (Å²) in [6.45, 7) is 0. The second kappa shape index (κ2) is 5.13. The van der Waals surface area contributed by atoms with Gasteiger partial charge in [0.1, 0.15) is 5.82 Å². The van der Waals surface area contributed by atoms with Gasteiger partial charge in [0.15, 0.2) is 11.6 Å². The molecule has 0 spiro atoms. The van der Waals surface area contributed by atoms with E-state index in [0.29, 0.717) is 6.42 Å². The molecule has 0 bridgehead atoms. The van der Waals surface area contributed by atoms with Gasteiger partial charge in [-0.25, -0.2) is 8.78 Å². The first-order valence-electron chi connectivity index (χ1n) is 5.85. The van der Waals surface area contributed by atoms with Gasteiger partial charge in [-0.05, 0) is 18.6 Å². The van der Waals surface area contributed by atoms with Crippen molar-refractivity contribution >= 4 is 5.91 Å². The van der Waals surface area contributed by atoms with E-state index in [9.17, 15) is 13.6 Å². The van der Waals surface area contributed by atoms with Crippen LogP contribution in [0.2, 0.25) is 0 Å². The third-order valence-corrected chi connectivity index (χ3v) is 3.43. The number of benzene rings is 1. The zero-order valence-electron chi connectivity index (χ0n) is 10.7. The molecule has 4 nitrogen and oxygen atoms in total. The molecular formula is C13H15F2NO3. The lowest BCUT2D eigenvalue weighted by atomic mass is 10.0. The lowest BCUT2D eigenvalue weighted by Crippen LogP contribution is -2.18. The molecule has 1 aliphatic rings. The van der Waals surface area contributed by atoms with Crippen LogP contribution in [-0.4, -0.2) is 20.1 Å². The highest BCUT2D eigenvalue weighted by Crippen LogP contribution is 2.51. The molecule has 0 aromatic heterocycles. The highest BCUT2D eigenvalue weighted by atomic mass is 19.1. The number of amides is 1. The average molecular weight is 271 g/mol. The molecule has 1 amide bonds. The molecule has 1 aromatic rings. The summed E-state index contributed by atoms with van der Waals surface area (Å²) in [5.74, 6) is -2.55. The van der Waals surface area contributed by atoms with Crippen LogP contribution in [0.4, 0.5) is 8.78 Å². The number of rotatable bonds is 5. The van der Waals surface area contributed by atoms with E-state index in [1.807, 2.05) is 0 Å². The Morgan fingerprint density at radius 3 is 2.47 bits per heavy atom. The molecule has 0 radical (unpaired) electrons. The van der Waals surface area contributed by atoms with Crippen molar-refractivity contribution in [1.29, 1.82) is 0 Å². The molecule has 3 atom stereocenters. The van der Waals surface area contributed by atoms with Crippen LogP contribution in [0.25, 0.3) is 0 Å². The van der Waals surface area contributed by atoms with E-state index in [0.717, 1.165) is 12.1 Å². The number of carbonyl (C=O) groups is 1. The maximum Gasteiger partial charge on any atom is 0.220 e. The summed E-state index contributed by atoms with van der Waals surface area (Å²) in [4.78, 5) is 11.1. The third-order valence-electron chi connectivity index (χ3n) is 3.43. The van der Waals surface area contributed by atoms with E-state index in [2.05, 4.69) is 0 Å². The Bertz CT molecular complexity index is 507. The molecule has 1 aliphatic carbocycles. The minimum absolute atomic E-state index is 0.00116. The Hall–Kier alpha value is -1.69. The fraction of sp³-hybridized carbons (Fsp3) is 0.462. The summed E-state index contributed by atoms with van der Waals surface area (Å²) in [6, 6.07) is 2.00. The Kier molecular flexibility index (Phi) is 3.71. The minimum Gasteiger partial charge on any atom is -0.493 e. The first-order chi connectivity index (χ1) is 9.01. The van der Waals surface area contributed by atoms with Crippen LogP contribution in [0.3, 0.4) is 0 Å². The number of carbonyl (C=O) groups excluding carboxylic acids is 1. The van der Waals surface area contributed by atoms with Crippen LogP contribution in [0.5, 0.6) is 5.75 Å². The van der Waals surface area contributed by atoms with Crippen LogP contribution in [0.15, 0.2) is 12.1 Å². The zero-order valence-corrected chi connectivity index (χ0v) is 10.7. The monoisotopic (exact) mass is 271 g/mol. The van der Waals surface area contributed by atoms with Crippen molar-refractivity contribution in [2.24, 2.45) is 17.6 Å². The number of nitrogens with two attached hydrogens (primary N) is 1. The van der Waals surface area contributed by atoms with Crippen molar-refractivity contribution < 1.29 is 23.0 Å². The second-order valence-electron chi connectivity index (χ2n) is 4.54. The van der Waals surface area contributed by atoms with Gasteiger partial charge in [-0.2, -0.15) is 0 Å². The maximum atomic E-state index is 13.9. The summed E-state index contributed by atoms with van der Waals surface area (Å²) < 4.78 is 37.7. The molecule has 1 saturated carbocycles. The molecule has 1 fully saturated rings. The topological polar surface area (TPSA) is 61.6 Å². The third kappa shape index (κ3) is 2.40. The molecule has 104 valence electrons. The average Bonchev–Trinajstić information content (AvgIpc) is 3.15. The Morgan fingerprint density at radius 1 is 1.37 bits per heavy atom. The van der Waals surface area contributed by atoms with E-state index in [-0.39, 0.29) is 23.1 Å². The lowest BCUT2D eigenvalue weighted by Gasteiger charge is -2.19. The van der Waals surface area contributed by atoms with Gasteiger partial charge in [-0.15, -0.1) is 0 Å². The van der Waals surface area contributed by atoms with Crippen molar-refractivity contribution in [3.05, 3.63) is 29.3 Å². The van der Waals surface area contributed by atoms with Crippen molar-refractivity contribution in [3.63, 3.8) is 0 Å². The predicted molar refractivity (Wildman–Crippen MR) is 63.5 cm³/mol. The Labute approximate surface area is 109 Å². The van der Waals surface area contributed by atoms with Crippen LogP contribution in [0.1, 0.15) is 18.1 Å².